The average molecular weight is 294 g/mol. The number of carboxylic acid groups (broad SMARTS) is 1. The Morgan fingerprint density at radius 3 is 2.85 bits per heavy atom. The summed E-state index contributed by atoms with van der Waals surface area (Å²) in [6.45, 7) is 2.83. The summed E-state index contributed by atoms with van der Waals surface area (Å²) in [5.41, 5.74) is 1.12. The molecule has 0 saturated heterocycles. The van der Waals surface area contributed by atoms with E-state index in [0.29, 0.717) is 0 Å². The van der Waals surface area contributed by atoms with Gasteiger partial charge in [-0.2, -0.15) is 0 Å². The zero-order valence-electron chi connectivity index (χ0n) is 11.6. The van der Waals surface area contributed by atoms with E-state index in [1.54, 1.807) is 6.20 Å². The number of carbonyl (C=O) groups is 1. The lowest BCUT2D eigenvalue weighted by Crippen LogP contribution is -2.10. The van der Waals surface area contributed by atoms with Gasteiger partial charge < -0.3 is 14.2 Å². The zero-order valence-corrected chi connectivity index (χ0v) is 12.4. The molecule has 0 aromatic carbocycles. The molecule has 108 valence electrons. The molecule has 0 radical (unpaired) electrons. The predicted octanol–water partition coefficient (Wildman–Crippen LogP) is 1.60. The van der Waals surface area contributed by atoms with Crippen molar-refractivity contribution < 1.29 is 9.90 Å². The highest BCUT2D eigenvalue weighted by Gasteiger charge is 2.12. The summed E-state index contributed by atoms with van der Waals surface area (Å²) < 4.78 is 4.08. The van der Waals surface area contributed by atoms with Crippen LogP contribution >= 0.6 is 11.8 Å². The summed E-state index contributed by atoms with van der Waals surface area (Å²) in [7, 11) is 1.97. The minimum atomic E-state index is -0.827. The normalized spacial score (nSPS) is 10.9. The van der Waals surface area contributed by atoms with Crippen molar-refractivity contribution >= 4 is 17.7 Å². The molecule has 2 aromatic heterocycles. The Hall–Kier alpha value is -1.76. The Morgan fingerprint density at radius 2 is 2.25 bits per heavy atom. The Morgan fingerprint density at radius 1 is 1.45 bits per heavy atom. The predicted molar refractivity (Wildman–Crippen MR) is 76.9 cm³/mol. The van der Waals surface area contributed by atoms with Crippen molar-refractivity contribution in [3.8, 4) is 0 Å². The molecule has 0 fully saturated rings. The number of aromatic nitrogens is 4. The van der Waals surface area contributed by atoms with Crippen LogP contribution < -0.4 is 0 Å². The first-order chi connectivity index (χ1) is 9.61. The lowest BCUT2D eigenvalue weighted by Gasteiger charge is -2.10. The number of thioether (sulfide) groups is 1. The molecule has 0 bridgehead atoms. The van der Waals surface area contributed by atoms with Crippen molar-refractivity contribution in [1.29, 1.82) is 0 Å². The molecular weight excluding hydrogens is 276 g/mol. The van der Waals surface area contributed by atoms with E-state index >= 15 is 0 Å². The number of hydrogen-bond donors (Lipinski definition) is 1. The number of hydrogen-bond acceptors (Lipinski definition) is 4. The van der Waals surface area contributed by atoms with Crippen molar-refractivity contribution in [1.82, 2.24) is 19.1 Å². The van der Waals surface area contributed by atoms with Crippen molar-refractivity contribution in [3.05, 3.63) is 30.1 Å². The Kier molecular flexibility index (Phi) is 4.84. The van der Waals surface area contributed by atoms with Gasteiger partial charge in [0.15, 0.2) is 5.16 Å². The van der Waals surface area contributed by atoms with Crippen molar-refractivity contribution in [2.24, 2.45) is 7.05 Å². The molecule has 2 rings (SSSR count). The summed E-state index contributed by atoms with van der Waals surface area (Å²) in [6.07, 6.45) is 7.20. The van der Waals surface area contributed by atoms with E-state index in [2.05, 4.69) is 21.5 Å². The van der Waals surface area contributed by atoms with Gasteiger partial charge in [-0.05, 0) is 6.42 Å². The Bertz CT molecular complexity index is 591. The molecule has 2 aromatic rings. The van der Waals surface area contributed by atoms with Crippen LogP contribution in [0.2, 0.25) is 0 Å². The van der Waals surface area contributed by atoms with E-state index in [-0.39, 0.29) is 5.75 Å². The molecule has 1 N–H and O–H groups in total. The molecule has 20 heavy (non-hydrogen) atoms. The molecule has 0 spiro atoms. The molecule has 0 saturated carbocycles. The average Bonchev–Trinajstić information content (AvgIpc) is 2.99. The molecule has 0 aliphatic heterocycles. The Balaban J connectivity index is 2.10. The summed E-state index contributed by atoms with van der Waals surface area (Å²) in [5, 5.41) is 9.54. The van der Waals surface area contributed by atoms with Crippen LogP contribution in [0.15, 0.2) is 23.7 Å². The monoisotopic (exact) mass is 294 g/mol. The molecule has 6 nitrogen and oxygen atoms in total. The van der Waals surface area contributed by atoms with Gasteiger partial charge in [-0.3, -0.25) is 4.79 Å². The van der Waals surface area contributed by atoms with Gasteiger partial charge in [0.2, 0.25) is 0 Å². The fraction of sp³-hybridized carbons (Fsp3) is 0.462. The quantitative estimate of drug-likeness (QED) is 0.785. The van der Waals surface area contributed by atoms with Crippen LogP contribution in [0.3, 0.4) is 0 Å². The molecule has 0 atom stereocenters. The van der Waals surface area contributed by atoms with Crippen molar-refractivity contribution in [3.63, 3.8) is 0 Å². The second-order valence-corrected chi connectivity index (χ2v) is 5.37. The summed E-state index contributed by atoms with van der Waals surface area (Å²) in [5.74, 6) is 0.212. The lowest BCUT2D eigenvalue weighted by atomic mass is 10.3. The second-order valence-electron chi connectivity index (χ2n) is 4.42. The fourth-order valence-corrected chi connectivity index (χ4v) is 2.75. The first-order valence-electron chi connectivity index (χ1n) is 6.47. The number of rotatable bonds is 7. The number of aliphatic carboxylic acids is 1. The molecule has 7 heteroatoms. The minimum Gasteiger partial charge on any atom is -0.481 e. The smallest absolute Gasteiger partial charge is 0.313 e. The maximum atomic E-state index is 10.7. The number of aryl methyl sites for hydroxylation is 3. The van der Waals surface area contributed by atoms with Gasteiger partial charge in [-0.1, -0.05) is 18.7 Å². The second kappa shape index (κ2) is 6.60. The van der Waals surface area contributed by atoms with E-state index in [0.717, 1.165) is 36.1 Å². The SMILES string of the molecule is CCc1cnc(SCC(=O)O)n1CCc1nccn1C. The van der Waals surface area contributed by atoms with Gasteiger partial charge in [-0.25, -0.2) is 9.97 Å². The van der Waals surface area contributed by atoms with E-state index in [1.807, 2.05) is 24.0 Å². The highest BCUT2D eigenvalue weighted by Crippen LogP contribution is 2.19. The fourth-order valence-electron chi connectivity index (χ4n) is 2.00. The van der Waals surface area contributed by atoms with Crippen molar-refractivity contribution in [2.45, 2.75) is 31.5 Å². The third kappa shape index (κ3) is 3.41. The largest absolute Gasteiger partial charge is 0.481 e. The van der Waals surface area contributed by atoms with Gasteiger partial charge in [-0.15, -0.1) is 0 Å². The van der Waals surface area contributed by atoms with Crippen LogP contribution in [0.4, 0.5) is 0 Å². The molecule has 0 aliphatic carbocycles. The van der Waals surface area contributed by atoms with E-state index in [4.69, 9.17) is 5.11 Å². The summed E-state index contributed by atoms with van der Waals surface area (Å²) in [4.78, 5) is 19.3. The first kappa shape index (κ1) is 14.6. The van der Waals surface area contributed by atoms with Crippen LogP contribution in [-0.4, -0.2) is 35.9 Å². The third-order valence-corrected chi connectivity index (χ3v) is 4.04. The van der Waals surface area contributed by atoms with E-state index < -0.39 is 5.97 Å². The number of nitrogens with zero attached hydrogens (tertiary/aromatic N) is 4. The van der Waals surface area contributed by atoms with Gasteiger partial charge in [0.05, 0.1) is 5.75 Å². The van der Waals surface area contributed by atoms with Gasteiger partial charge >= 0.3 is 5.97 Å². The standard InChI is InChI=1S/C13H18N4O2S/c1-3-10-8-15-13(20-9-12(18)19)17(10)6-4-11-14-5-7-16(11)2/h5,7-8H,3-4,6,9H2,1-2H3,(H,18,19). The maximum absolute atomic E-state index is 10.7. The van der Waals surface area contributed by atoms with Crippen LogP contribution in [0, 0.1) is 0 Å². The minimum absolute atomic E-state index is 0.0303. The highest BCUT2D eigenvalue weighted by atomic mass is 32.2. The van der Waals surface area contributed by atoms with Crippen LogP contribution in [0.5, 0.6) is 0 Å². The molecule has 0 aliphatic rings. The van der Waals surface area contributed by atoms with Crippen LogP contribution in [0.1, 0.15) is 18.4 Å². The van der Waals surface area contributed by atoms with Gasteiger partial charge in [0.25, 0.3) is 0 Å². The molecule has 0 amide bonds. The first-order valence-corrected chi connectivity index (χ1v) is 7.45. The molecular formula is C13H18N4O2S. The third-order valence-electron chi connectivity index (χ3n) is 3.07. The van der Waals surface area contributed by atoms with Crippen LogP contribution in [0.25, 0.3) is 0 Å². The lowest BCUT2D eigenvalue weighted by molar-refractivity contribution is -0.133. The number of carboxylic acids is 1. The van der Waals surface area contributed by atoms with Gasteiger partial charge in [0, 0.05) is 44.3 Å². The Labute approximate surface area is 121 Å². The van der Waals surface area contributed by atoms with E-state index in [1.165, 1.54) is 11.8 Å². The maximum Gasteiger partial charge on any atom is 0.313 e. The van der Waals surface area contributed by atoms with Gasteiger partial charge in [0.1, 0.15) is 5.82 Å². The molecule has 0 unspecified atom stereocenters. The summed E-state index contributed by atoms with van der Waals surface area (Å²) >= 11 is 1.26. The number of imidazole rings is 2. The van der Waals surface area contributed by atoms with E-state index in [9.17, 15) is 4.79 Å². The van der Waals surface area contributed by atoms with Crippen LogP contribution in [-0.2, 0) is 31.2 Å². The zero-order chi connectivity index (χ0) is 14.5. The summed E-state index contributed by atoms with van der Waals surface area (Å²) in [6, 6.07) is 0. The molecule has 2 heterocycles. The highest BCUT2D eigenvalue weighted by molar-refractivity contribution is 7.99. The van der Waals surface area contributed by atoms with Crippen molar-refractivity contribution in [2.75, 3.05) is 5.75 Å². The topological polar surface area (TPSA) is 72.9 Å².